The molecule has 1 amide bonds. The van der Waals surface area contributed by atoms with Crippen LogP contribution in [0.15, 0.2) is 47.4 Å². The van der Waals surface area contributed by atoms with E-state index in [1.54, 1.807) is 0 Å². The van der Waals surface area contributed by atoms with Crippen molar-refractivity contribution in [3.63, 3.8) is 0 Å². The lowest BCUT2D eigenvalue weighted by Gasteiger charge is -2.38. The maximum absolute atomic E-state index is 13.7. The van der Waals surface area contributed by atoms with Gasteiger partial charge in [0, 0.05) is 25.7 Å². The first kappa shape index (κ1) is 29.4. The molecule has 2 aromatic carbocycles. The number of methoxy groups -OCH3 is 1. The molecule has 0 unspecified atom stereocenters. The maximum Gasteiger partial charge on any atom is 0.337 e. The van der Waals surface area contributed by atoms with Crippen LogP contribution in [0.25, 0.3) is 0 Å². The van der Waals surface area contributed by atoms with Gasteiger partial charge in [-0.1, -0.05) is 12.1 Å². The van der Waals surface area contributed by atoms with Crippen LogP contribution in [-0.2, 0) is 14.8 Å². The van der Waals surface area contributed by atoms with Crippen molar-refractivity contribution >= 4 is 27.6 Å². The summed E-state index contributed by atoms with van der Waals surface area (Å²) in [7, 11) is -2.91. The molecular weight excluding hydrogens is 540 g/mol. The number of carbonyl (C=O) groups is 2. The van der Waals surface area contributed by atoms with Gasteiger partial charge in [-0.15, -0.1) is 0 Å². The lowest BCUT2D eigenvalue weighted by atomic mass is 9.75. The molecule has 0 aromatic heterocycles. The van der Waals surface area contributed by atoms with Gasteiger partial charge < -0.3 is 20.1 Å². The smallest absolute Gasteiger partial charge is 0.337 e. The Balaban J connectivity index is 1.66. The van der Waals surface area contributed by atoms with Crippen LogP contribution in [0.2, 0.25) is 0 Å². The van der Waals surface area contributed by atoms with E-state index in [0.29, 0.717) is 19.4 Å². The van der Waals surface area contributed by atoms with Gasteiger partial charge in [0.2, 0.25) is 10.0 Å². The molecule has 2 aliphatic rings. The van der Waals surface area contributed by atoms with Crippen LogP contribution in [-0.4, -0.2) is 76.0 Å². The van der Waals surface area contributed by atoms with Crippen LogP contribution < -0.4 is 15.4 Å². The summed E-state index contributed by atoms with van der Waals surface area (Å²) in [6.07, 6.45) is 3.02. The van der Waals surface area contributed by atoms with Gasteiger partial charge in [-0.05, 0) is 74.9 Å². The second-order valence-electron chi connectivity index (χ2n) is 10.1. The lowest BCUT2D eigenvalue weighted by Crippen LogP contribution is -2.45. The minimum Gasteiger partial charge on any atom is -0.493 e. The largest absolute Gasteiger partial charge is 0.493 e. The lowest BCUT2D eigenvalue weighted by molar-refractivity contribution is -0.387. The van der Waals surface area contributed by atoms with Crippen molar-refractivity contribution in [2.45, 2.75) is 37.0 Å². The molecule has 1 fully saturated rings. The van der Waals surface area contributed by atoms with E-state index < -0.39 is 26.6 Å². The molecule has 0 saturated carbocycles. The fourth-order valence-electron chi connectivity index (χ4n) is 5.28. The Morgan fingerprint density at radius 1 is 1.10 bits per heavy atom. The summed E-state index contributed by atoms with van der Waals surface area (Å²) in [5.41, 5.74) is -0.334. The first-order valence-corrected chi connectivity index (χ1v) is 14.7. The van der Waals surface area contributed by atoms with Gasteiger partial charge in [-0.3, -0.25) is 14.9 Å². The fourth-order valence-corrected chi connectivity index (χ4v) is 6.96. The third-order valence-corrected chi connectivity index (χ3v) is 9.48. The average Bonchev–Trinajstić information content (AvgIpc) is 2.96. The number of esters is 1. The Morgan fingerprint density at radius 2 is 1.82 bits per heavy atom. The van der Waals surface area contributed by atoms with Crippen molar-refractivity contribution < 1.29 is 32.4 Å². The molecule has 4 rings (SSSR count). The molecule has 12 nitrogen and oxygen atoms in total. The zero-order chi connectivity index (χ0) is 28.8. The number of carbonyl (C=O) groups excluding carboxylic acids is 2. The SMILES string of the molecule is COC(=O)c1ccc2c(c1)C(=O)NCC1(CCCN(S(=O)(=O)c3ccccc3[N+](=O)[O-])CCCO2)CCNCC1. The van der Waals surface area contributed by atoms with Crippen LogP contribution >= 0.6 is 0 Å². The number of nitrogens with one attached hydrogen (secondary N) is 2. The second kappa shape index (κ2) is 12.7. The molecule has 0 bridgehead atoms. The maximum atomic E-state index is 13.7. The van der Waals surface area contributed by atoms with Crippen molar-refractivity contribution in [3.05, 3.63) is 63.7 Å². The standard InChI is InChI=1S/C27H34N4O8S/c1-38-26(33)20-8-9-23-21(18-20)25(32)29-19-27(11-13-28-14-12-27)10-4-15-30(16-5-17-39-23)40(36,37)24-7-3-2-6-22(24)31(34)35/h2-3,6-9,18,28H,4-5,10-17,19H2,1H3,(H,29,32). The van der Waals surface area contributed by atoms with E-state index in [9.17, 15) is 28.1 Å². The number of rotatable bonds is 4. The predicted molar refractivity (Wildman–Crippen MR) is 146 cm³/mol. The number of piperidine rings is 1. The van der Waals surface area contributed by atoms with Gasteiger partial charge in [0.25, 0.3) is 11.6 Å². The highest BCUT2D eigenvalue weighted by atomic mass is 32.2. The summed E-state index contributed by atoms with van der Waals surface area (Å²) in [6.45, 7) is 2.23. The van der Waals surface area contributed by atoms with Gasteiger partial charge in [-0.25, -0.2) is 13.2 Å². The summed E-state index contributed by atoms with van der Waals surface area (Å²) in [5.74, 6) is -0.688. The van der Waals surface area contributed by atoms with Gasteiger partial charge in [0.1, 0.15) is 5.75 Å². The Hall–Kier alpha value is -3.55. The third-order valence-electron chi connectivity index (χ3n) is 7.54. The third kappa shape index (κ3) is 6.60. The van der Waals surface area contributed by atoms with E-state index in [2.05, 4.69) is 10.6 Å². The highest BCUT2D eigenvalue weighted by molar-refractivity contribution is 7.89. The number of nitro groups is 1. The number of amides is 1. The normalized spacial score (nSPS) is 19.0. The average molecular weight is 575 g/mol. The minimum absolute atomic E-state index is 0.0741. The highest BCUT2D eigenvalue weighted by Gasteiger charge is 2.35. The predicted octanol–water partition coefficient (Wildman–Crippen LogP) is 2.73. The number of hydrogen-bond acceptors (Lipinski definition) is 9. The van der Waals surface area contributed by atoms with Gasteiger partial charge in [0.05, 0.1) is 29.8 Å². The molecule has 40 heavy (non-hydrogen) atoms. The van der Waals surface area contributed by atoms with Gasteiger partial charge in [0.15, 0.2) is 4.90 Å². The molecule has 2 aliphatic heterocycles. The molecular formula is C27H34N4O8S. The van der Waals surface area contributed by atoms with Crippen molar-refractivity contribution in [1.82, 2.24) is 14.9 Å². The Morgan fingerprint density at radius 3 is 2.55 bits per heavy atom. The molecule has 2 N–H and O–H groups in total. The van der Waals surface area contributed by atoms with E-state index in [4.69, 9.17) is 9.47 Å². The number of sulfonamides is 1. The zero-order valence-corrected chi connectivity index (χ0v) is 23.2. The fraction of sp³-hybridized carbons (Fsp3) is 0.481. The molecule has 216 valence electrons. The number of benzene rings is 2. The summed E-state index contributed by atoms with van der Waals surface area (Å²) in [6, 6.07) is 9.81. The molecule has 2 aromatic rings. The topological polar surface area (TPSA) is 157 Å². The van der Waals surface area contributed by atoms with Crippen molar-refractivity contribution in [2.24, 2.45) is 5.41 Å². The monoisotopic (exact) mass is 574 g/mol. The highest BCUT2D eigenvalue weighted by Crippen LogP contribution is 2.35. The van der Waals surface area contributed by atoms with Gasteiger partial charge >= 0.3 is 5.97 Å². The minimum atomic E-state index is -4.17. The molecule has 2 heterocycles. The van der Waals surface area contributed by atoms with Crippen LogP contribution in [0, 0.1) is 15.5 Å². The van der Waals surface area contributed by atoms with Crippen LogP contribution in [0.4, 0.5) is 5.69 Å². The summed E-state index contributed by atoms with van der Waals surface area (Å²) < 4.78 is 39.3. The summed E-state index contributed by atoms with van der Waals surface area (Å²) in [4.78, 5) is 36.0. The van der Waals surface area contributed by atoms with E-state index in [1.165, 1.54) is 53.9 Å². The van der Waals surface area contributed by atoms with E-state index in [0.717, 1.165) is 25.9 Å². The van der Waals surface area contributed by atoms with Crippen molar-refractivity contribution in [1.29, 1.82) is 0 Å². The number of nitro benzene ring substituents is 1. The summed E-state index contributed by atoms with van der Waals surface area (Å²) in [5, 5.41) is 17.9. The number of fused-ring (bicyclic) bond motifs is 1. The molecule has 0 radical (unpaired) electrons. The van der Waals surface area contributed by atoms with E-state index in [-0.39, 0.29) is 59.2 Å². The number of nitrogens with zero attached hydrogens (tertiary/aromatic N) is 2. The molecule has 13 heteroatoms. The first-order chi connectivity index (χ1) is 19.2. The Labute approximate surface area is 233 Å². The van der Waals surface area contributed by atoms with Gasteiger partial charge in [-0.2, -0.15) is 4.31 Å². The van der Waals surface area contributed by atoms with Crippen molar-refractivity contribution in [2.75, 3.05) is 46.4 Å². The van der Waals surface area contributed by atoms with E-state index in [1.807, 2.05) is 0 Å². The van der Waals surface area contributed by atoms with Crippen molar-refractivity contribution in [3.8, 4) is 5.75 Å². The number of ether oxygens (including phenoxy) is 2. The zero-order valence-electron chi connectivity index (χ0n) is 22.4. The van der Waals surface area contributed by atoms with Crippen LogP contribution in [0.5, 0.6) is 5.75 Å². The molecule has 1 saturated heterocycles. The molecule has 1 spiro atoms. The van der Waals surface area contributed by atoms with Crippen LogP contribution in [0.3, 0.4) is 0 Å². The molecule has 0 atom stereocenters. The summed E-state index contributed by atoms with van der Waals surface area (Å²) >= 11 is 0. The first-order valence-electron chi connectivity index (χ1n) is 13.2. The van der Waals surface area contributed by atoms with Crippen LogP contribution in [0.1, 0.15) is 52.8 Å². The number of hydrogen-bond donors (Lipinski definition) is 2. The number of para-hydroxylation sites is 1. The second-order valence-corrected chi connectivity index (χ2v) is 12.0. The molecule has 0 aliphatic carbocycles. The quantitative estimate of drug-likeness (QED) is 0.318. The van der Waals surface area contributed by atoms with E-state index >= 15 is 0 Å². The Bertz CT molecular complexity index is 1360. The Kier molecular flexibility index (Phi) is 9.38.